The van der Waals surface area contributed by atoms with Crippen LogP contribution in [-0.4, -0.2) is 17.5 Å². The molecule has 16 heavy (non-hydrogen) atoms. The molecule has 1 aromatic carbocycles. The van der Waals surface area contributed by atoms with Gasteiger partial charge in [0.1, 0.15) is 0 Å². The highest BCUT2D eigenvalue weighted by molar-refractivity contribution is 6.42. The molecule has 0 aliphatic carbocycles. The lowest BCUT2D eigenvalue weighted by molar-refractivity contribution is -0.481. The molecule has 0 bridgehead atoms. The van der Waals surface area contributed by atoms with Gasteiger partial charge in [-0.1, -0.05) is 23.2 Å². The lowest BCUT2D eigenvalue weighted by Gasteiger charge is -2.11. The van der Waals surface area contributed by atoms with Gasteiger partial charge in [-0.05, 0) is 25.1 Å². The fraction of sp³-hybridized carbons (Fsp3) is 0.333. The van der Waals surface area contributed by atoms with Crippen molar-refractivity contribution < 1.29 is 4.92 Å². The Bertz CT molecular complexity index is 374. The molecular formula is C9H11Cl3N2O2. The number of nitrogens with zero attached hydrogens (tertiary/aromatic N) is 1. The van der Waals surface area contributed by atoms with Crippen LogP contribution < -0.4 is 5.32 Å². The van der Waals surface area contributed by atoms with E-state index in [0.29, 0.717) is 10.0 Å². The minimum absolute atomic E-state index is 0. The first-order valence-electron chi connectivity index (χ1n) is 4.32. The lowest BCUT2D eigenvalue weighted by Crippen LogP contribution is -2.24. The van der Waals surface area contributed by atoms with Crippen LogP contribution in [-0.2, 0) is 0 Å². The first kappa shape index (κ1) is 15.3. The Morgan fingerprint density at radius 1 is 1.44 bits per heavy atom. The Morgan fingerprint density at radius 2 is 2.06 bits per heavy atom. The summed E-state index contributed by atoms with van der Waals surface area (Å²) in [6.45, 7) is 1.59. The third-order valence-corrected chi connectivity index (χ3v) is 2.49. The summed E-state index contributed by atoms with van der Waals surface area (Å²) in [5, 5.41) is 14.1. The Hall–Kier alpha value is -0.710. The molecule has 90 valence electrons. The standard InChI is InChI=1S/C9H10Cl2N2O2.ClH/c1-6(5-13(14)15)12-7-2-3-8(10)9(11)4-7;/h2-4,6,12H,5H2,1H3;1H. The molecule has 4 nitrogen and oxygen atoms in total. The van der Waals surface area contributed by atoms with Crippen molar-refractivity contribution in [3.8, 4) is 0 Å². The minimum Gasteiger partial charge on any atom is -0.376 e. The molecule has 0 heterocycles. The van der Waals surface area contributed by atoms with E-state index in [9.17, 15) is 10.1 Å². The van der Waals surface area contributed by atoms with Crippen LogP contribution in [0.3, 0.4) is 0 Å². The highest BCUT2D eigenvalue weighted by Gasteiger charge is 2.09. The van der Waals surface area contributed by atoms with Gasteiger partial charge in [-0.25, -0.2) is 0 Å². The zero-order chi connectivity index (χ0) is 11.4. The van der Waals surface area contributed by atoms with E-state index in [1.54, 1.807) is 25.1 Å². The van der Waals surface area contributed by atoms with E-state index in [-0.39, 0.29) is 29.9 Å². The van der Waals surface area contributed by atoms with E-state index in [1.807, 2.05) is 0 Å². The van der Waals surface area contributed by atoms with Crippen molar-refractivity contribution in [2.45, 2.75) is 13.0 Å². The van der Waals surface area contributed by atoms with Crippen molar-refractivity contribution in [2.24, 2.45) is 0 Å². The summed E-state index contributed by atoms with van der Waals surface area (Å²) in [4.78, 5) is 9.87. The van der Waals surface area contributed by atoms with E-state index in [0.717, 1.165) is 5.69 Å². The first-order chi connectivity index (χ1) is 6.99. The van der Waals surface area contributed by atoms with Crippen LogP contribution in [0.4, 0.5) is 5.69 Å². The van der Waals surface area contributed by atoms with E-state index in [4.69, 9.17) is 23.2 Å². The third kappa shape index (κ3) is 4.88. The highest BCUT2D eigenvalue weighted by Crippen LogP contribution is 2.25. The maximum absolute atomic E-state index is 10.2. The molecule has 0 spiro atoms. The predicted molar refractivity (Wildman–Crippen MR) is 68.7 cm³/mol. The van der Waals surface area contributed by atoms with Gasteiger partial charge in [-0.2, -0.15) is 0 Å². The quantitative estimate of drug-likeness (QED) is 0.680. The monoisotopic (exact) mass is 284 g/mol. The largest absolute Gasteiger partial charge is 0.376 e. The maximum atomic E-state index is 10.2. The van der Waals surface area contributed by atoms with Gasteiger partial charge in [0.2, 0.25) is 6.54 Å². The molecule has 0 aliphatic rings. The average Bonchev–Trinajstić information content (AvgIpc) is 2.10. The fourth-order valence-corrected chi connectivity index (χ4v) is 1.44. The lowest BCUT2D eigenvalue weighted by atomic mass is 10.2. The van der Waals surface area contributed by atoms with Crippen LogP contribution in [0.5, 0.6) is 0 Å². The molecule has 0 saturated heterocycles. The van der Waals surface area contributed by atoms with Crippen LogP contribution >= 0.6 is 35.6 Å². The number of nitrogens with one attached hydrogen (secondary N) is 1. The molecule has 1 rings (SSSR count). The summed E-state index contributed by atoms with van der Waals surface area (Å²) in [5.74, 6) is 0. The number of anilines is 1. The summed E-state index contributed by atoms with van der Waals surface area (Å²) >= 11 is 11.5. The van der Waals surface area contributed by atoms with E-state index in [2.05, 4.69) is 5.32 Å². The first-order valence-corrected chi connectivity index (χ1v) is 5.08. The number of hydrogen-bond donors (Lipinski definition) is 1. The van der Waals surface area contributed by atoms with Gasteiger partial charge in [0, 0.05) is 10.6 Å². The van der Waals surface area contributed by atoms with Gasteiger partial charge in [0.25, 0.3) is 0 Å². The predicted octanol–water partition coefficient (Wildman–Crippen LogP) is 3.49. The molecule has 1 N–H and O–H groups in total. The number of hydrogen-bond acceptors (Lipinski definition) is 3. The summed E-state index contributed by atoms with van der Waals surface area (Å²) in [5.41, 5.74) is 0.721. The molecule has 7 heteroatoms. The molecular weight excluding hydrogens is 274 g/mol. The van der Waals surface area contributed by atoms with Crippen LogP contribution in [0.1, 0.15) is 6.92 Å². The number of nitro groups is 1. The molecule has 0 fully saturated rings. The molecule has 0 aliphatic heterocycles. The molecule has 0 saturated carbocycles. The van der Waals surface area contributed by atoms with Gasteiger partial charge in [-0.15, -0.1) is 12.4 Å². The molecule has 0 amide bonds. The van der Waals surface area contributed by atoms with Crippen molar-refractivity contribution in [3.05, 3.63) is 38.4 Å². The molecule has 0 radical (unpaired) electrons. The summed E-state index contributed by atoms with van der Waals surface area (Å²) in [6, 6.07) is 4.76. The summed E-state index contributed by atoms with van der Waals surface area (Å²) in [7, 11) is 0. The third-order valence-electron chi connectivity index (χ3n) is 1.76. The SMILES string of the molecule is CC(C[N+](=O)[O-])Nc1ccc(Cl)c(Cl)c1.Cl. The van der Waals surface area contributed by atoms with Crippen molar-refractivity contribution in [1.82, 2.24) is 0 Å². The van der Waals surface area contributed by atoms with Crippen molar-refractivity contribution in [2.75, 3.05) is 11.9 Å². The molecule has 1 unspecified atom stereocenters. The van der Waals surface area contributed by atoms with E-state index < -0.39 is 0 Å². The summed E-state index contributed by atoms with van der Waals surface area (Å²) in [6.07, 6.45) is 0. The van der Waals surface area contributed by atoms with Gasteiger partial charge in [0.05, 0.1) is 16.1 Å². The Balaban J connectivity index is 0.00000225. The van der Waals surface area contributed by atoms with Gasteiger partial charge < -0.3 is 5.32 Å². The number of rotatable bonds is 4. The van der Waals surface area contributed by atoms with E-state index in [1.165, 1.54) is 0 Å². The average molecular weight is 286 g/mol. The zero-order valence-corrected chi connectivity index (χ0v) is 10.8. The van der Waals surface area contributed by atoms with Gasteiger partial charge >= 0.3 is 0 Å². The summed E-state index contributed by atoms with van der Waals surface area (Å²) < 4.78 is 0. The maximum Gasteiger partial charge on any atom is 0.223 e. The van der Waals surface area contributed by atoms with Crippen LogP contribution in [0.25, 0.3) is 0 Å². The Kier molecular flexibility index (Phi) is 6.48. The Labute approximate surface area is 109 Å². The topological polar surface area (TPSA) is 55.2 Å². The molecule has 1 aromatic rings. The number of halogens is 3. The fourth-order valence-electron chi connectivity index (χ4n) is 1.14. The van der Waals surface area contributed by atoms with Gasteiger partial charge in [-0.3, -0.25) is 10.1 Å². The second kappa shape index (κ2) is 6.78. The molecule has 1 atom stereocenters. The highest BCUT2D eigenvalue weighted by atomic mass is 35.5. The van der Waals surface area contributed by atoms with Gasteiger partial charge in [0.15, 0.2) is 0 Å². The van der Waals surface area contributed by atoms with Crippen LogP contribution in [0.15, 0.2) is 18.2 Å². The van der Waals surface area contributed by atoms with Crippen molar-refractivity contribution in [1.29, 1.82) is 0 Å². The van der Waals surface area contributed by atoms with Crippen molar-refractivity contribution >= 4 is 41.3 Å². The second-order valence-electron chi connectivity index (χ2n) is 3.19. The second-order valence-corrected chi connectivity index (χ2v) is 4.00. The minimum atomic E-state index is -0.366. The molecule has 0 aromatic heterocycles. The van der Waals surface area contributed by atoms with Crippen LogP contribution in [0, 0.1) is 10.1 Å². The smallest absolute Gasteiger partial charge is 0.223 e. The zero-order valence-electron chi connectivity index (χ0n) is 8.44. The number of benzene rings is 1. The van der Waals surface area contributed by atoms with Crippen LogP contribution in [0.2, 0.25) is 10.0 Å². The van der Waals surface area contributed by atoms with E-state index >= 15 is 0 Å². The van der Waals surface area contributed by atoms with Crippen molar-refractivity contribution in [3.63, 3.8) is 0 Å². The normalized spacial score (nSPS) is 11.4. The Morgan fingerprint density at radius 3 is 2.56 bits per heavy atom.